The summed E-state index contributed by atoms with van der Waals surface area (Å²) < 4.78 is 84.3. The van der Waals surface area contributed by atoms with E-state index in [1.54, 1.807) is 10.00 Å². The normalized spacial score (nSPS) is 18.4. The molecule has 0 radical (unpaired) electrons. The minimum Gasteiger partial charge on any atom is -0.379 e. The van der Waals surface area contributed by atoms with Gasteiger partial charge in [-0.05, 0) is 13.0 Å². The van der Waals surface area contributed by atoms with Gasteiger partial charge in [-0.25, -0.2) is 10.1 Å². The van der Waals surface area contributed by atoms with Crippen LogP contribution in [0.4, 0.5) is 37.8 Å². The van der Waals surface area contributed by atoms with Crippen LogP contribution in [0.5, 0.6) is 0 Å². The number of piperazine rings is 1. The highest BCUT2D eigenvalue weighted by atomic mass is 19.4. The SMILES string of the molecule is CC(COCCC(=O)N1CCN2c3ncc(C(F)(F)F)cc3CNC(=O)[C@H]2C1)Nc1cn[nH]c(=O)c1C(F)(F)F. The first kappa shape index (κ1) is 29.1. The number of fused-ring (bicyclic) bond motifs is 3. The first-order valence-corrected chi connectivity index (χ1v) is 12.1. The Bertz CT molecular complexity index is 1320. The fraction of sp³-hybridized carbons (Fsp3) is 0.522. The van der Waals surface area contributed by atoms with Crippen molar-refractivity contribution in [3.63, 3.8) is 0 Å². The Labute approximate surface area is 222 Å². The molecule has 2 aromatic heterocycles. The molecule has 218 valence electrons. The summed E-state index contributed by atoms with van der Waals surface area (Å²) in [7, 11) is 0. The van der Waals surface area contributed by atoms with Crippen LogP contribution in [0.2, 0.25) is 0 Å². The number of carbonyl (C=O) groups excluding carboxylic acids is 2. The molecule has 2 aromatic rings. The van der Waals surface area contributed by atoms with Crippen LogP contribution in [-0.2, 0) is 33.2 Å². The van der Waals surface area contributed by atoms with Crippen LogP contribution in [0.1, 0.15) is 30.0 Å². The molecule has 2 amide bonds. The Balaban J connectivity index is 1.30. The van der Waals surface area contributed by atoms with E-state index in [1.165, 1.54) is 11.8 Å². The molecule has 0 aromatic carbocycles. The fourth-order valence-electron chi connectivity index (χ4n) is 4.51. The molecule has 1 unspecified atom stereocenters. The van der Waals surface area contributed by atoms with Crippen LogP contribution >= 0.6 is 0 Å². The Morgan fingerprint density at radius 1 is 1.18 bits per heavy atom. The number of carbonyl (C=O) groups is 2. The van der Waals surface area contributed by atoms with Crippen LogP contribution in [0.25, 0.3) is 0 Å². The van der Waals surface area contributed by atoms with Gasteiger partial charge in [-0.15, -0.1) is 0 Å². The summed E-state index contributed by atoms with van der Waals surface area (Å²) in [4.78, 5) is 44.0. The maximum absolute atomic E-state index is 13.2. The van der Waals surface area contributed by atoms with E-state index in [0.717, 1.165) is 12.3 Å². The predicted octanol–water partition coefficient (Wildman–Crippen LogP) is 1.76. The maximum atomic E-state index is 13.2. The second-order valence-corrected chi connectivity index (χ2v) is 9.33. The number of pyridine rings is 1. The number of aromatic nitrogens is 3. The van der Waals surface area contributed by atoms with Gasteiger partial charge >= 0.3 is 12.4 Å². The number of nitrogens with one attached hydrogen (secondary N) is 3. The lowest BCUT2D eigenvalue weighted by Crippen LogP contribution is -2.59. The fourth-order valence-corrected chi connectivity index (χ4v) is 4.51. The Kier molecular flexibility index (Phi) is 8.23. The van der Waals surface area contributed by atoms with Crippen molar-refractivity contribution in [2.45, 2.75) is 44.3 Å². The van der Waals surface area contributed by atoms with Crippen molar-refractivity contribution >= 4 is 23.3 Å². The van der Waals surface area contributed by atoms with E-state index in [4.69, 9.17) is 4.74 Å². The molecule has 0 saturated carbocycles. The molecule has 11 nitrogen and oxygen atoms in total. The number of hydrogen-bond donors (Lipinski definition) is 3. The molecule has 3 N–H and O–H groups in total. The Morgan fingerprint density at radius 2 is 1.93 bits per heavy atom. The number of anilines is 2. The average Bonchev–Trinajstić information content (AvgIpc) is 3.01. The van der Waals surface area contributed by atoms with Crippen molar-refractivity contribution in [1.82, 2.24) is 25.4 Å². The maximum Gasteiger partial charge on any atom is 0.423 e. The van der Waals surface area contributed by atoms with E-state index in [9.17, 15) is 40.7 Å². The van der Waals surface area contributed by atoms with Crippen LogP contribution in [-0.4, -0.2) is 76.8 Å². The molecule has 17 heteroatoms. The number of alkyl halides is 6. The van der Waals surface area contributed by atoms with Gasteiger partial charge in [0.2, 0.25) is 11.8 Å². The summed E-state index contributed by atoms with van der Waals surface area (Å²) in [5, 5.41) is 10.2. The number of halogens is 6. The molecule has 4 heterocycles. The predicted molar refractivity (Wildman–Crippen MR) is 127 cm³/mol. The first-order chi connectivity index (χ1) is 18.8. The van der Waals surface area contributed by atoms with Gasteiger partial charge < -0.3 is 25.2 Å². The Morgan fingerprint density at radius 3 is 2.62 bits per heavy atom. The zero-order valence-electron chi connectivity index (χ0n) is 21.0. The third kappa shape index (κ3) is 6.46. The van der Waals surface area contributed by atoms with Crippen molar-refractivity contribution in [2.24, 2.45) is 0 Å². The van der Waals surface area contributed by atoms with Gasteiger partial charge in [0.1, 0.15) is 17.4 Å². The Hall–Kier alpha value is -3.89. The highest BCUT2D eigenvalue weighted by Gasteiger charge is 2.40. The zero-order valence-corrected chi connectivity index (χ0v) is 21.0. The van der Waals surface area contributed by atoms with Crippen molar-refractivity contribution in [3.8, 4) is 0 Å². The number of nitrogens with zero attached hydrogens (tertiary/aromatic N) is 4. The van der Waals surface area contributed by atoms with E-state index >= 15 is 0 Å². The van der Waals surface area contributed by atoms with E-state index in [1.807, 2.05) is 0 Å². The molecular weight excluding hydrogens is 552 g/mol. The summed E-state index contributed by atoms with van der Waals surface area (Å²) in [5.74, 6) is -0.540. The van der Waals surface area contributed by atoms with E-state index in [0.29, 0.717) is 6.20 Å². The highest BCUT2D eigenvalue weighted by molar-refractivity contribution is 5.88. The molecule has 2 aliphatic rings. The minimum absolute atomic E-state index is 0.0134. The summed E-state index contributed by atoms with van der Waals surface area (Å²) in [5.41, 5.74) is -4.01. The van der Waals surface area contributed by atoms with Crippen molar-refractivity contribution in [3.05, 3.63) is 45.5 Å². The van der Waals surface area contributed by atoms with Crippen LogP contribution in [0.3, 0.4) is 0 Å². The number of aromatic amines is 1. The van der Waals surface area contributed by atoms with Gasteiger partial charge in [0.25, 0.3) is 5.56 Å². The quantitative estimate of drug-likeness (QED) is 0.335. The van der Waals surface area contributed by atoms with Crippen molar-refractivity contribution in [1.29, 1.82) is 0 Å². The van der Waals surface area contributed by atoms with Crippen molar-refractivity contribution in [2.75, 3.05) is 43.1 Å². The topological polar surface area (TPSA) is 133 Å². The number of amides is 2. The molecule has 0 aliphatic carbocycles. The minimum atomic E-state index is -4.89. The van der Waals surface area contributed by atoms with Crippen molar-refractivity contribution < 1.29 is 40.7 Å². The van der Waals surface area contributed by atoms with Gasteiger partial charge in [-0.2, -0.15) is 31.4 Å². The van der Waals surface area contributed by atoms with E-state index in [2.05, 4.69) is 20.7 Å². The standard InChI is InChI=1S/C23H25F6N7O4/c1-12(33-15-9-32-34-21(39)18(15)23(27,28)29)11-40-5-2-17(37)35-3-4-36-16(10-35)20(38)31-7-13-6-14(22(24,25)26)8-30-19(13)36/h6,8-9,12,16H,2-5,7,10-11H2,1H3,(H,31,38)(H2,33,34,39)/t12?,16-/m1/s1. The average molecular weight is 577 g/mol. The summed E-state index contributed by atoms with van der Waals surface area (Å²) in [6.45, 7) is 1.59. The molecule has 0 spiro atoms. The molecule has 2 aliphatic heterocycles. The number of rotatable bonds is 7. The molecular formula is C23H25F6N7O4. The molecule has 1 fully saturated rings. The number of ether oxygens (including phenoxy) is 1. The lowest BCUT2D eigenvalue weighted by atomic mass is 10.1. The highest BCUT2D eigenvalue weighted by Crippen LogP contribution is 2.34. The van der Waals surface area contributed by atoms with E-state index < -0.39 is 52.7 Å². The molecule has 2 atom stereocenters. The van der Waals surface area contributed by atoms with Gasteiger partial charge in [-0.3, -0.25) is 14.4 Å². The van der Waals surface area contributed by atoms with Gasteiger partial charge in [0, 0.05) is 37.4 Å². The van der Waals surface area contributed by atoms with Crippen LogP contribution in [0, 0.1) is 0 Å². The largest absolute Gasteiger partial charge is 0.423 e. The van der Waals surface area contributed by atoms with E-state index in [-0.39, 0.29) is 63.1 Å². The third-order valence-electron chi connectivity index (χ3n) is 6.40. The van der Waals surface area contributed by atoms with Crippen LogP contribution < -0.4 is 21.1 Å². The molecule has 1 saturated heterocycles. The first-order valence-electron chi connectivity index (χ1n) is 12.1. The monoisotopic (exact) mass is 577 g/mol. The second-order valence-electron chi connectivity index (χ2n) is 9.33. The van der Waals surface area contributed by atoms with Crippen LogP contribution in [0.15, 0.2) is 23.3 Å². The molecule has 4 rings (SSSR count). The number of H-pyrrole nitrogens is 1. The summed E-state index contributed by atoms with van der Waals surface area (Å²) in [6.07, 6.45) is -7.99. The third-order valence-corrected chi connectivity index (χ3v) is 6.40. The molecule has 0 bridgehead atoms. The summed E-state index contributed by atoms with van der Waals surface area (Å²) >= 11 is 0. The smallest absolute Gasteiger partial charge is 0.379 e. The van der Waals surface area contributed by atoms with Gasteiger partial charge in [-0.1, -0.05) is 0 Å². The zero-order chi connectivity index (χ0) is 29.2. The lowest BCUT2D eigenvalue weighted by Gasteiger charge is -2.40. The van der Waals surface area contributed by atoms with Gasteiger partial charge in [0.05, 0.1) is 43.6 Å². The summed E-state index contributed by atoms with van der Waals surface area (Å²) in [6, 6.07) is -0.561. The number of hydrogen-bond acceptors (Lipinski definition) is 8. The van der Waals surface area contributed by atoms with Gasteiger partial charge in [0.15, 0.2) is 0 Å². The molecule has 40 heavy (non-hydrogen) atoms. The second kappa shape index (κ2) is 11.3. The lowest BCUT2D eigenvalue weighted by molar-refractivity contribution is -0.138.